The monoisotopic (exact) mass is 998 g/mol. The number of anilines is 4. The van der Waals surface area contributed by atoms with Crippen LogP contribution in [0.2, 0.25) is 10.0 Å². The molecule has 6 aromatic carbocycles. The number of benzene rings is 6. The lowest BCUT2D eigenvalue weighted by Gasteiger charge is -2.32. The molecule has 0 aliphatic carbocycles. The van der Waals surface area contributed by atoms with E-state index in [0.717, 1.165) is 114 Å². The normalized spacial score (nSPS) is 14.4. The van der Waals surface area contributed by atoms with Gasteiger partial charge in [0, 0.05) is 24.5 Å². The number of ether oxygens (including phenoxy) is 4. The van der Waals surface area contributed by atoms with Gasteiger partial charge in [-0.1, -0.05) is 66.5 Å². The number of nitrogens with one attached hydrogen (secondary N) is 3. The highest BCUT2D eigenvalue weighted by atomic mass is 35.5. The summed E-state index contributed by atoms with van der Waals surface area (Å²) in [6.07, 6.45) is 8.47. The maximum atomic E-state index is 13.4. The lowest BCUT2D eigenvalue weighted by atomic mass is 10.1. The Kier molecular flexibility index (Phi) is 16.5. The highest BCUT2D eigenvalue weighted by Crippen LogP contribution is 2.37. The Morgan fingerprint density at radius 1 is 0.577 bits per heavy atom. The molecule has 3 N–H and O–H groups in total. The van der Waals surface area contributed by atoms with E-state index in [9.17, 15) is 8.78 Å². The van der Waals surface area contributed by atoms with Gasteiger partial charge in [-0.05, 0) is 148 Å². The highest BCUT2D eigenvalue weighted by molar-refractivity contribution is 6.32. The maximum absolute atomic E-state index is 13.4. The van der Waals surface area contributed by atoms with Crippen LogP contribution in [0.3, 0.4) is 0 Å². The molecular formula is C55H54Cl2F2N8O4. The third-order valence-electron chi connectivity index (χ3n) is 12.2. The Balaban J connectivity index is 0.000000176. The molecule has 4 heterocycles. The van der Waals surface area contributed by atoms with Gasteiger partial charge in [0.2, 0.25) is 0 Å². The summed E-state index contributed by atoms with van der Waals surface area (Å²) in [5.41, 5.74) is 4.57. The molecule has 0 bridgehead atoms. The van der Waals surface area contributed by atoms with Crippen LogP contribution >= 0.6 is 23.2 Å². The van der Waals surface area contributed by atoms with E-state index < -0.39 is 0 Å². The average Bonchev–Trinajstić information content (AvgIpc) is 3.37. The van der Waals surface area contributed by atoms with Gasteiger partial charge in [0.15, 0.2) is 0 Å². The second-order valence-electron chi connectivity index (χ2n) is 17.3. The predicted octanol–water partition coefficient (Wildman–Crippen LogP) is 12.9. The molecule has 2 aromatic heterocycles. The van der Waals surface area contributed by atoms with Crippen LogP contribution in [0, 0.1) is 11.6 Å². The standard InChI is InChI=1S/C29H30ClFN4O2.C26H24ClFN4O2/c1-2-13-35-14-11-23(12-15-35)37-27-8-4-7-25-28(27)29(33-19-32-25)34-22-9-10-26(24(30)17-22)36-18-20-5-3-6-21(31)16-20;27-21-14-19(7-8-23(21)33-15-17-3-1-4-18(28)13-17)32-26-25-22(30-16-31-26)5-2-6-24(25)34-20-9-11-29-12-10-20/h3-10,16-17,19,23H,2,11-15,18H2,1H3,(H,32,33,34);1-8,13-14,16,20,29H,9-12,15H2,(H,30,31,32). The van der Waals surface area contributed by atoms with Gasteiger partial charge in [0.05, 0.1) is 31.9 Å². The first-order valence-electron chi connectivity index (χ1n) is 23.9. The molecule has 0 spiro atoms. The first kappa shape index (κ1) is 49.2. The molecule has 16 heteroatoms. The molecule has 12 nitrogen and oxygen atoms in total. The summed E-state index contributed by atoms with van der Waals surface area (Å²) >= 11 is 13.0. The van der Waals surface area contributed by atoms with Crippen LogP contribution in [-0.2, 0) is 13.2 Å². The second-order valence-corrected chi connectivity index (χ2v) is 18.2. The fraction of sp³-hybridized carbons (Fsp3) is 0.273. The van der Waals surface area contributed by atoms with Gasteiger partial charge in [-0.15, -0.1) is 0 Å². The summed E-state index contributed by atoms with van der Waals surface area (Å²) in [6, 6.07) is 35.2. The average molecular weight is 1000 g/mol. The van der Waals surface area contributed by atoms with Gasteiger partial charge in [-0.3, -0.25) is 0 Å². The Bertz CT molecular complexity index is 3060. The number of fused-ring (bicyclic) bond motifs is 2. The number of aromatic nitrogens is 4. The molecule has 0 saturated carbocycles. The van der Waals surface area contributed by atoms with Crippen molar-refractivity contribution in [3.05, 3.63) is 167 Å². The van der Waals surface area contributed by atoms with Crippen molar-refractivity contribution in [3.8, 4) is 23.0 Å². The summed E-state index contributed by atoms with van der Waals surface area (Å²) in [4.78, 5) is 20.3. The molecule has 2 aliphatic heterocycles. The molecule has 2 aliphatic rings. The van der Waals surface area contributed by atoms with E-state index in [4.69, 9.17) is 42.1 Å². The number of hydrogen-bond acceptors (Lipinski definition) is 12. The van der Waals surface area contributed by atoms with E-state index >= 15 is 0 Å². The zero-order chi connectivity index (χ0) is 48.9. The third-order valence-corrected chi connectivity index (χ3v) is 12.7. The summed E-state index contributed by atoms with van der Waals surface area (Å²) in [6.45, 7) is 7.80. The van der Waals surface area contributed by atoms with E-state index in [0.29, 0.717) is 33.2 Å². The molecule has 8 aromatic rings. The van der Waals surface area contributed by atoms with Gasteiger partial charge in [-0.25, -0.2) is 28.7 Å². The highest BCUT2D eigenvalue weighted by Gasteiger charge is 2.22. The molecule has 366 valence electrons. The van der Waals surface area contributed by atoms with Crippen LogP contribution in [0.15, 0.2) is 134 Å². The molecule has 71 heavy (non-hydrogen) atoms. The zero-order valence-corrected chi connectivity index (χ0v) is 40.7. The number of hydrogen-bond donors (Lipinski definition) is 3. The molecule has 0 radical (unpaired) electrons. The zero-order valence-electron chi connectivity index (χ0n) is 39.2. The first-order valence-corrected chi connectivity index (χ1v) is 24.6. The smallest absolute Gasteiger partial charge is 0.145 e. The lowest BCUT2D eigenvalue weighted by molar-refractivity contribution is 0.102. The van der Waals surface area contributed by atoms with Crippen LogP contribution in [0.25, 0.3) is 21.8 Å². The van der Waals surface area contributed by atoms with Crippen molar-refractivity contribution in [2.75, 3.05) is 43.4 Å². The van der Waals surface area contributed by atoms with Crippen molar-refractivity contribution in [2.24, 2.45) is 0 Å². The summed E-state index contributed by atoms with van der Waals surface area (Å²) in [5.74, 6) is 3.25. The molecule has 2 saturated heterocycles. The van der Waals surface area contributed by atoms with Crippen molar-refractivity contribution < 1.29 is 27.7 Å². The van der Waals surface area contributed by atoms with E-state index in [-0.39, 0.29) is 37.1 Å². The SMILES string of the molecule is CCCN1CCC(Oc2cccc3ncnc(Nc4ccc(OCc5cccc(F)c5)c(Cl)c4)c23)CC1.Fc1cccc(COc2ccc(Nc3ncnc4cccc(OC5CCNCC5)c34)cc2Cl)c1. The second kappa shape index (κ2) is 23.8. The number of halogens is 4. The summed E-state index contributed by atoms with van der Waals surface area (Å²) in [5, 5.41) is 12.6. The van der Waals surface area contributed by atoms with E-state index in [1.54, 1.807) is 48.5 Å². The largest absolute Gasteiger partial charge is 0.489 e. The Hall–Kier alpha value is -6.84. The van der Waals surface area contributed by atoms with Crippen molar-refractivity contribution in [1.29, 1.82) is 0 Å². The van der Waals surface area contributed by atoms with Crippen LogP contribution in [0.1, 0.15) is 50.2 Å². The van der Waals surface area contributed by atoms with Gasteiger partial charge in [0.25, 0.3) is 0 Å². The topological polar surface area (TPSA) is 128 Å². The Morgan fingerprint density at radius 2 is 1.06 bits per heavy atom. The van der Waals surface area contributed by atoms with E-state index in [1.807, 2.05) is 48.5 Å². The fourth-order valence-corrected chi connectivity index (χ4v) is 9.09. The first-order chi connectivity index (χ1) is 34.7. The third kappa shape index (κ3) is 13.1. The maximum Gasteiger partial charge on any atom is 0.145 e. The number of rotatable bonds is 16. The minimum absolute atomic E-state index is 0.156. The van der Waals surface area contributed by atoms with E-state index in [1.165, 1.54) is 43.3 Å². The van der Waals surface area contributed by atoms with Crippen LogP contribution in [0.5, 0.6) is 23.0 Å². The van der Waals surface area contributed by atoms with Crippen LogP contribution in [0.4, 0.5) is 31.8 Å². The molecular weight excluding hydrogens is 946 g/mol. The van der Waals surface area contributed by atoms with E-state index in [2.05, 4.69) is 47.7 Å². The molecule has 0 atom stereocenters. The minimum Gasteiger partial charge on any atom is -0.489 e. The summed E-state index contributed by atoms with van der Waals surface area (Å²) < 4.78 is 51.2. The molecule has 10 rings (SSSR count). The molecule has 0 amide bonds. The number of piperidine rings is 2. The lowest BCUT2D eigenvalue weighted by Crippen LogP contribution is -2.38. The quantitative estimate of drug-likeness (QED) is 0.0853. The fourth-order valence-electron chi connectivity index (χ4n) is 8.62. The van der Waals surface area contributed by atoms with Crippen molar-refractivity contribution in [1.82, 2.24) is 30.2 Å². The Labute approximate surface area is 421 Å². The number of likely N-dealkylation sites (tertiary alicyclic amines) is 1. The Morgan fingerprint density at radius 3 is 1.52 bits per heavy atom. The van der Waals surface area contributed by atoms with Gasteiger partial charge < -0.3 is 39.8 Å². The van der Waals surface area contributed by atoms with Gasteiger partial charge in [0.1, 0.15) is 84.3 Å². The van der Waals surface area contributed by atoms with Gasteiger partial charge >= 0.3 is 0 Å². The number of nitrogens with zero attached hydrogens (tertiary/aromatic N) is 5. The minimum atomic E-state index is -0.299. The van der Waals surface area contributed by atoms with Crippen molar-refractivity contribution in [2.45, 2.75) is 64.4 Å². The van der Waals surface area contributed by atoms with Crippen molar-refractivity contribution >= 4 is 68.0 Å². The molecule has 0 unspecified atom stereocenters. The van der Waals surface area contributed by atoms with Crippen molar-refractivity contribution in [3.63, 3.8) is 0 Å². The van der Waals surface area contributed by atoms with Crippen LogP contribution in [-0.4, -0.2) is 69.8 Å². The molecule has 2 fully saturated rings. The summed E-state index contributed by atoms with van der Waals surface area (Å²) in [7, 11) is 0. The van der Waals surface area contributed by atoms with Gasteiger partial charge in [-0.2, -0.15) is 0 Å². The predicted molar refractivity (Wildman–Crippen MR) is 277 cm³/mol. The van der Waals surface area contributed by atoms with Crippen LogP contribution < -0.4 is 34.9 Å².